The van der Waals surface area contributed by atoms with Gasteiger partial charge in [0.2, 0.25) is 0 Å². The zero-order valence-electron chi connectivity index (χ0n) is 13.7. The van der Waals surface area contributed by atoms with E-state index in [1.54, 1.807) is 32.4 Å². The number of halogens is 1. The zero-order valence-corrected chi connectivity index (χ0v) is 14.4. The summed E-state index contributed by atoms with van der Waals surface area (Å²) in [5, 5.41) is 3.36. The van der Waals surface area contributed by atoms with E-state index in [-0.39, 0.29) is 6.03 Å². The summed E-state index contributed by atoms with van der Waals surface area (Å²) in [5.74, 6) is 0.592. The third kappa shape index (κ3) is 5.27. The van der Waals surface area contributed by atoms with Crippen LogP contribution in [0.3, 0.4) is 0 Å². The molecular formula is C16H24ClN3O3. The minimum Gasteiger partial charge on any atom is -0.495 e. The molecule has 0 bridgehead atoms. The maximum atomic E-state index is 12.3. The van der Waals surface area contributed by atoms with Crippen molar-refractivity contribution in [2.75, 3.05) is 58.9 Å². The highest BCUT2D eigenvalue weighted by Crippen LogP contribution is 2.27. The van der Waals surface area contributed by atoms with Crippen molar-refractivity contribution in [2.45, 2.75) is 6.42 Å². The SMILES string of the molecule is COCCCN1CCN(C(=O)Nc2ccc(OC)c(Cl)c2)CC1. The second-order valence-electron chi connectivity index (χ2n) is 5.45. The fourth-order valence-electron chi connectivity index (χ4n) is 2.55. The monoisotopic (exact) mass is 341 g/mol. The first-order chi connectivity index (χ1) is 11.1. The summed E-state index contributed by atoms with van der Waals surface area (Å²) in [6, 6.07) is 5.12. The van der Waals surface area contributed by atoms with E-state index < -0.39 is 0 Å². The van der Waals surface area contributed by atoms with Crippen molar-refractivity contribution in [1.82, 2.24) is 9.80 Å². The molecule has 0 radical (unpaired) electrons. The highest BCUT2D eigenvalue weighted by molar-refractivity contribution is 6.32. The maximum Gasteiger partial charge on any atom is 0.321 e. The Morgan fingerprint density at radius 1 is 1.26 bits per heavy atom. The Morgan fingerprint density at radius 2 is 2.00 bits per heavy atom. The van der Waals surface area contributed by atoms with Crippen LogP contribution in [0.15, 0.2) is 18.2 Å². The van der Waals surface area contributed by atoms with Gasteiger partial charge in [0.15, 0.2) is 0 Å². The number of methoxy groups -OCH3 is 2. The van der Waals surface area contributed by atoms with Crippen LogP contribution in [0, 0.1) is 0 Å². The molecule has 0 aliphatic carbocycles. The second-order valence-corrected chi connectivity index (χ2v) is 5.86. The molecule has 0 atom stereocenters. The van der Waals surface area contributed by atoms with Crippen LogP contribution >= 0.6 is 11.6 Å². The van der Waals surface area contributed by atoms with E-state index in [9.17, 15) is 4.79 Å². The molecule has 0 spiro atoms. The van der Waals surface area contributed by atoms with E-state index in [0.29, 0.717) is 16.5 Å². The van der Waals surface area contributed by atoms with E-state index in [0.717, 1.165) is 45.8 Å². The van der Waals surface area contributed by atoms with Crippen molar-refractivity contribution in [2.24, 2.45) is 0 Å². The number of ether oxygens (including phenoxy) is 2. The van der Waals surface area contributed by atoms with Crippen LogP contribution in [-0.2, 0) is 4.74 Å². The minimum atomic E-state index is -0.0947. The maximum absolute atomic E-state index is 12.3. The van der Waals surface area contributed by atoms with Gasteiger partial charge in [0, 0.05) is 52.1 Å². The Hall–Kier alpha value is -1.50. The molecule has 1 aromatic rings. The summed E-state index contributed by atoms with van der Waals surface area (Å²) in [6.45, 7) is 5.02. The van der Waals surface area contributed by atoms with Crippen molar-refractivity contribution in [1.29, 1.82) is 0 Å². The lowest BCUT2D eigenvalue weighted by molar-refractivity contribution is 0.130. The molecule has 0 unspecified atom stereocenters. The molecule has 0 aromatic heterocycles. The molecule has 1 fully saturated rings. The molecule has 1 heterocycles. The molecule has 6 nitrogen and oxygen atoms in total. The van der Waals surface area contributed by atoms with Gasteiger partial charge < -0.3 is 19.7 Å². The summed E-state index contributed by atoms with van der Waals surface area (Å²) in [6.07, 6.45) is 1.02. The molecule has 2 amide bonds. The van der Waals surface area contributed by atoms with Gasteiger partial charge in [-0.05, 0) is 24.6 Å². The van der Waals surface area contributed by atoms with Crippen molar-refractivity contribution in [3.05, 3.63) is 23.2 Å². The molecule has 7 heteroatoms. The Kier molecular flexibility index (Phi) is 6.95. The number of anilines is 1. The fourth-order valence-corrected chi connectivity index (χ4v) is 2.81. The van der Waals surface area contributed by atoms with Gasteiger partial charge in [-0.3, -0.25) is 4.90 Å². The predicted molar refractivity (Wildman–Crippen MR) is 91.5 cm³/mol. The second kappa shape index (κ2) is 8.96. The number of urea groups is 1. The summed E-state index contributed by atoms with van der Waals surface area (Å²) in [5.41, 5.74) is 0.670. The average molecular weight is 342 g/mol. The van der Waals surface area contributed by atoms with Gasteiger partial charge in [-0.25, -0.2) is 4.79 Å². The molecule has 128 valence electrons. The summed E-state index contributed by atoms with van der Waals surface area (Å²) < 4.78 is 10.2. The normalized spacial score (nSPS) is 15.5. The topological polar surface area (TPSA) is 54.0 Å². The first-order valence-electron chi connectivity index (χ1n) is 7.75. The van der Waals surface area contributed by atoms with Crippen molar-refractivity contribution in [3.8, 4) is 5.75 Å². The molecule has 1 aromatic carbocycles. The van der Waals surface area contributed by atoms with Crippen molar-refractivity contribution in [3.63, 3.8) is 0 Å². The number of nitrogens with one attached hydrogen (secondary N) is 1. The number of hydrogen-bond acceptors (Lipinski definition) is 4. The van der Waals surface area contributed by atoms with E-state index in [4.69, 9.17) is 21.1 Å². The van der Waals surface area contributed by atoms with Gasteiger partial charge in [-0.2, -0.15) is 0 Å². The number of hydrogen-bond donors (Lipinski definition) is 1. The van der Waals surface area contributed by atoms with Gasteiger partial charge in [0.05, 0.1) is 12.1 Å². The number of carbonyl (C=O) groups excluding carboxylic acids is 1. The fraction of sp³-hybridized carbons (Fsp3) is 0.562. The summed E-state index contributed by atoms with van der Waals surface area (Å²) in [7, 11) is 3.28. The van der Waals surface area contributed by atoms with E-state index in [2.05, 4.69) is 10.2 Å². The third-order valence-electron chi connectivity index (χ3n) is 3.89. The number of rotatable bonds is 6. The summed E-state index contributed by atoms with van der Waals surface area (Å²) >= 11 is 6.07. The van der Waals surface area contributed by atoms with Crippen LogP contribution in [0.2, 0.25) is 5.02 Å². The smallest absolute Gasteiger partial charge is 0.321 e. The van der Waals surface area contributed by atoms with Gasteiger partial charge in [-0.1, -0.05) is 11.6 Å². The molecule has 0 saturated carbocycles. The van der Waals surface area contributed by atoms with Gasteiger partial charge in [-0.15, -0.1) is 0 Å². The summed E-state index contributed by atoms with van der Waals surface area (Å²) in [4.78, 5) is 16.5. The number of nitrogens with zero attached hydrogens (tertiary/aromatic N) is 2. The third-order valence-corrected chi connectivity index (χ3v) is 4.18. The molecular weight excluding hydrogens is 318 g/mol. The Bertz CT molecular complexity index is 519. The average Bonchev–Trinajstić information content (AvgIpc) is 2.56. The molecule has 23 heavy (non-hydrogen) atoms. The predicted octanol–water partition coefficient (Wildman–Crippen LogP) is 2.53. The number of piperazine rings is 1. The van der Waals surface area contributed by atoms with E-state index >= 15 is 0 Å². The lowest BCUT2D eigenvalue weighted by atomic mass is 10.3. The Labute approximate surface area is 142 Å². The molecule has 1 N–H and O–H groups in total. The van der Waals surface area contributed by atoms with E-state index in [1.165, 1.54) is 0 Å². The van der Waals surface area contributed by atoms with Crippen molar-refractivity contribution >= 4 is 23.3 Å². The first-order valence-corrected chi connectivity index (χ1v) is 8.12. The van der Waals surface area contributed by atoms with Crippen LogP contribution in [0.25, 0.3) is 0 Å². The zero-order chi connectivity index (χ0) is 16.7. The van der Waals surface area contributed by atoms with E-state index in [1.807, 2.05) is 4.90 Å². The van der Waals surface area contributed by atoms with Crippen LogP contribution in [-0.4, -0.2) is 69.4 Å². The van der Waals surface area contributed by atoms with Crippen LogP contribution in [0.4, 0.5) is 10.5 Å². The van der Waals surface area contributed by atoms with Crippen molar-refractivity contribution < 1.29 is 14.3 Å². The molecule has 2 rings (SSSR count). The van der Waals surface area contributed by atoms with Gasteiger partial charge in [0.1, 0.15) is 5.75 Å². The number of carbonyl (C=O) groups is 1. The quantitative estimate of drug-likeness (QED) is 0.808. The van der Waals surface area contributed by atoms with Crippen LogP contribution in [0.1, 0.15) is 6.42 Å². The largest absolute Gasteiger partial charge is 0.495 e. The highest BCUT2D eigenvalue weighted by atomic mass is 35.5. The highest BCUT2D eigenvalue weighted by Gasteiger charge is 2.20. The minimum absolute atomic E-state index is 0.0947. The van der Waals surface area contributed by atoms with Crippen LogP contribution in [0.5, 0.6) is 5.75 Å². The first kappa shape index (κ1) is 17.8. The molecule has 1 aliphatic rings. The van der Waals surface area contributed by atoms with Gasteiger partial charge in [0.25, 0.3) is 0 Å². The number of benzene rings is 1. The van der Waals surface area contributed by atoms with Gasteiger partial charge >= 0.3 is 6.03 Å². The Morgan fingerprint density at radius 3 is 2.61 bits per heavy atom. The lowest BCUT2D eigenvalue weighted by Crippen LogP contribution is -2.50. The lowest BCUT2D eigenvalue weighted by Gasteiger charge is -2.34. The molecule has 1 aliphatic heterocycles. The number of amides is 2. The molecule has 1 saturated heterocycles. The standard InChI is InChI=1S/C16H24ClN3O3/c1-22-11-3-6-19-7-9-20(10-8-19)16(21)18-13-4-5-15(23-2)14(17)12-13/h4-5,12H,3,6-11H2,1-2H3,(H,18,21). The van der Waals surface area contributed by atoms with Crippen LogP contribution < -0.4 is 10.1 Å². The Balaban J connectivity index is 1.80.